The number of methoxy groups -OCH3 is 1. The van der Waals surface area contributed by atoms with E-state index in [9.17, 15) is 14.4 Å². The first kappa shape index (κ1) is 20.4. The summed E-state index contributed by atoms with van der Waals surface area (Å²) >= 11 is 0. The first-order chi connectivity index (χ1) is 14.0. The molecule has 1 N–H and O–H groups in total. The van der Waals surface area contributed by atoms with Crippen molar-refractivity contribution >= 4 is 29.2 Å². The van der Waals surface area contributed by atoms with E-state index in [-0.39, 0.29) is 18.9 Å². The summed E-state index contributed by atoms with van der Waals surface area (Å²) in [6.07, 6.45) is 0.993. The van der Waals surface area contributed by atoms with Crippen molar-refractivity contribution in [3.8, 4) is 5.75 Å². The summed E-state index contributed by atoms with van der Waals surface area (Å²) < 4.78 is 10.2. The summed E-state index contributed by atoms with van der Waals surface area (Å²) in [6, 6.07) is 14.6. The fourth-order valence-corrected chi connectivity index (χ4v) is 3.18. The molecular weight excluding hydrogens is 372 g/mol. The minimum absolute atomic E-state index is 0.0753. The zero-order valence-electron chi connectivity index (χ0n) is 16.5. The molecule has 0 aliphatic carbocycles. The van der Waals surface area contributed by atoms with E-state index in [2.05, 4.69) is 12.2 Å². The van der Waals surface area contributed by atoms with Crippen molar-refractivity contribution in [1.82, 2.24) is 0 Å². The van der Waals surface area contributed by atoms with Gasteiger partial charge in [0.1, 0.15) is 5.75 Å². The SMILES string of the molecule is CCc1ccc(N2C[C@H](C(=O)OCC(=O)Nc3cccc(OC)c3)CC2=O)cc1. The number of amides is 2. The normalized spacial score (nSPS) is 15.9. The van der Waals surface area contributed by atoms with Gasteiger partial charge in [-0.1, -0.05) is 25.1 Å². The number of nitrogens with zero attached hydrogens (tertiary/aromatic N) is 1. The van der Waals surface area contributed by atoms with Crippen LogP contribution >= 0.6 is 0 Å². The molecule has 0 saturated carbocycles. The van der Waals surface area contributed by atoms with E-state index in [4.69, 9.17) is 9.47 Å². The molecule has 1 atom stereocenters. The highest BCUT2D eigenvalue weighted by atomic mass is 16.5. The highest BCUT2D eigenvalue weighted by molar-refractivity contribution is 6.00. The van der Waals surface area contributed by atoms with E-state index < -0.39 is 24.4 Å². The minimum atomic E-state index is -0.585. The Kier molecular flexibility index (Phi) is 6.49. The van der Waals surface area contributed by atoms with Crippen LogP contribution in [-0.2, 0) is 25.5 Å². The van der Waals surface area contributed by atoms with E-state index in [0.717, 1.165) is 12.1 Å². The van der Waals surface area contributed by atoms with Gasteiger partial charge in [0.15, 0.2) is 6.61 Å². The van der Waals surface area contributed by atoms with Crippen LogP contribution in [0, 0.1) is 5.92 Å². The second-order valence-electron chi connectivity index (χ2n) is 6.81. The average molecular weight is 396 g/mol. The van der Waals surface area contributed by atoms with Crippen LogP contribution in [0.15, 0.2) is 48.5 Å². The fraction of sp³-hybridized carbons (Fsp3) is 0.318. The van der Waals surface area contributed by atoms with Gasteiger partial charge in [0, 0.05) is 30.4 Å². The Labute approximate surface area is 169 Å². The van der Waals surface area contributed by atoms with Gasteiger partial charge in [-0.15, -0.1) is 0 Å². The number of carbonyl (C=O) groups is 3. The van der Waals surface area contributed by atoms with Gasteiger partial charge in [0.2, 0.25) is 5.91 Å². The Morgan fingerprint density at radius 3 is 2.62 bits per heavy atom. The lowest BCUT2D eigenvalue weighted by molar-refractivity contribution is -0.151. The zero-order chi connectivity index (χ0) is 20.8. The zero-order valence-corrected chi connectivity index (χ0v) is 16.5. The standard InChI is InChI=1S/C22H24N2O5/c1-3-15-7-9-18(10-8-15)24-13-16(11-21(24)26)22(27)29-14-20(25)23-17-5-4-6-19(12-17)28-2/h4-10,12,16H,3,11,13-14H2,1-2H3,(H,23,25)/t16-/m1/s1. The van der Waals surface area contributed by atoms with Gasteiger partial charge < -0.3 is 19.7 Å². The molecule has 1 aliphatic heterocycles. The minimum Gasteiger partial charge on any atom is -0.497 e. The number of benzene rings is 2. The lowest BCUT2D eigenvalue weighted by Crippen LogP contribution is -2.28. The van der Waals surface area contributed by atoms with Crippen molar-refractivity contribution in [1.29, 1.82) is 0 Å². The summed E-state index contributed by atoms with van der Waals surface area (Å²) in [5, 5.41) is 2.64. The molecule has 2 amide bonds. The molecule has 0 aromatic heterocycles. The molecule has 152 valence electrons. The third-order valence-electron chi connectivity index (χ3n) is 4.81. The maximum atomic E-state index is 12.3. The van der Waals surface area contributed by atoms with E-state index in [1.165, 1.54) is 12.7 Å². The van der Waals surface area contributed by atoms with Crippen LogP contribution in [-0.4, -0.2) is 38.0 Å². The van der Waals surface area contributed by atoms with E-state index in [0.29, 0.717) is 11.4 Å². The van der Waals surface area contributed by atoms with Crippen molar-refractivity contribution < 1.29 is 23.9 Å². The maximum absolute atomic E-state index is 12.3. The van der Waals surface area contributed by atoms with E-state index in [1.807, 2.05) is 24.3 Å². The highest BCUT2D eigenvalue weighted by Gasteiger charge is 2.36. The highest BCUT2D eigenvalue weighted by Crippen LogP contribution is 2.26. The number of carbonyl (C=O) groups excluding carboxylic acids is 3. The van der Waals surface area contributed by atoms with Crippen LogP contribution in [0.25, 0.3) is 0 Å². The summed E-state index contributed by atoms with van der Waals surface area (Å²) in [6.45, 7) is 1.90. The number of aryl methyl sites for hydroxylation is 1. The molecule has 1 aliphatic rings. The third-order valence-corrected chi connectivity index (χ3v) is 4.81. The number of nitrogens with one attached hydrogen (secondary N) is 1. The van der Waals surface area contributed by atoms with Gasteiger partial charge in [-0.05, 0) is 36.2 Å². The monoisotopic (exact) mass is 396 g/mol. The summed E-state index contributed by atoms with van der Waals surface area (Å²) in [4.78, 5) is 38.3. The van der Waals surface area contributed by atoms with Crippen LogP contribution in [0.5, 0.6) is 5.75 Å². The summed E-state index contributed by atoms with van der Waals surface area (Å²) in [5.41, 5.74) is 2.49. The maximum Gasteiger partial charge on any atom is 0.311 e. The molecule has 7 heteroatoms. The Bertz CT molecular complexity index is 894. The van der Waals surface area contributed by atoms with Crippen LogP contribution < -0.4 is 15.0 Å². The molecule has 0 spiro atoms. The predicted octanol–water partition coefficient (Wildman–Crippen LogP) is 2.79. The fourth-order valence-electron chi connectivity index (χ4n) is 3.18. The lowest BCUT2D eigenvalue weighted by Gasteiger charge is -2.17. The molecule has 7 nitrogen and oxygen atoms in total. The molecule has 0 unspecified atom stereocenters. The predicted molar refractivity (Wildman–Crippen MR) is 109 cm³/mol. The quantitative estimate of drug-likeness (QED) is 0.728. The van der Waals surface area contributed by atoms with Crippen LogP contribution in [0.3, 0.4) is 0 Å². The number of ether oxygens (including phenoxy) is 2. The second-order valence-corrected chi connectivity index (χ2v) is 6.81. The molecule has 1 fully saturated rings. The smallest absolute Gasteiger partial charge is 0.311 e. The van der Waals surface area contributed by atoms with Gasteiger partial charge in [0.05, 0.1) is 13.0 Å². The van der Waals surface area contributed by atoms with Gasteiger partial charge in [-0.3, -0.25) is 14.4 Å². The van der Waals surface area contributed by atoms with E-state index >= 15 is 0 Å². The van der Waals surface area contributed by atoms with Crippen LogP contribution in [0.4, 0.5) is 11.4 Å². The average Bonchev–Trinajstić information content (AvgIpc) is 3.14. The van der Waals surface area contributed by atoms with Crippen molar-refractivity contribution in [2.45, 2.75) is 19.8 Å². The molecule has 0 bridgehead atoms. The van der Waals surface area contributed by atoms with Gasteiger partial charge in [-0.25, -0.2) is 0 Å². The summed E-state index contributed by atoms with van der Waals surface area (Å²) in [5.74, 6) is -1.11. The van der Waals surface area contributed by atoms with Crippen LogP contribution in [0.2, 0.25) is 0 Å². The molecule has 1 saturated heterocycles. The topological polar surface area (TPSA) is 84.9 Å². The molecule has 3 rings (SSSR count). The Balaban J connectivity index is 1.51. The second kappa shape index (κ2) is 9.23. The van der Waals surface area contributed by atoms with Crippen molar-refractivity contribution in [3.05, 3.63) is 54.1 Å². The van der Waals surface area contributed by atoms with Gasteiger partial charge >= 0.3 is 5.97 Å². The molecule has 1 heterocycles. The molecule has 2 aromatic carbocycles. The molecule has 29 heavy (non-hydrogen) atoms. The van der Waals surface area contributed by atoms with Crippen LogP contribution in [0.1, 0.15) is 18.9 Å². The van der Waals surface area contributed by atoms with Crippen molar-refractivity contribution in [3.63, 3.8) is 0 Å². The number of rotatable bonds is 7. The third kappa shape index (κ3) is 5.13. The van der Waals surface area contributed by atoms with Gasteiger partial charge in [0.25, 0.3) is 5.91 Å². The largest absolute Gasteiger partial charge is 0.497 e. The Morgan fingerprint density at radius 2 is 1.93 bits per heavy atom. The number of anilines is 2. The summed E-state index contributed by atoms with van der Waals surface area (Å²) in [7, 11) is 1.53. The first-order valence-corrected chi connectivity index (χ1v) is 9.50. The number of esters is 1. The Hall–Kier alpha value is -3.35. The van der Waals surface area contributed by atoms with Crippen molar-refractivity contribution in [2.24, 2.45) is 5.92 Å². The van der Waals surface area contributed by atoms with E-state index in [1.54, 1.807) is 29.2 Å². The lowest BCUT2D eigenvalue weighted by atomic mass is 10.1. The van der Waals surface area contributed by atoms with Gasteiger partial charge in [-0.2, -0.15) is 0 Å². The van der Waals surface area contributed by atoms with Crippen molar-refractivity contribution in [2.75, 3.05) is 30.5 Å². The molecule has 2 aromatic rings. The Morgan fingerprint density at radius 1 is 1.17 bits per heavy atom. The number of hydrogen-bond donors (Lipinski definition) is 1. The number of hydrogen-bond acceptors (Lipinski definition) is 5. The molecular formula is C22H24N2O5. The first-order valence-electron chi connectivity index (χ1n) is 9.50. The molecule has 0 radical (unpaired) electrons.